The summed E-state index contributed by atoms with van der Waals surface area (Å²) in [6.45, 7) is 2.25. The standard InChI is InChI=1S/C15H17N3/c1-4-13-14(5-1)17-9-11-6-8-18(15(11)13)12-3-2-7-16-10-12/h1,4,6,8-9,12,16H,2-3,5,7,10H2. The maximum Gasteiger partial charge on any atom is 0.0590 e. The predicted octanol–water partition coefficient (Wildman–Crippen LogP) is 2.53. The normalized spacial score (nSPS) is 22.6. The lowest BCUT2D eigenvalue weighted by atomic mass is 10.1. The molecule has 3 nitrogen and oxygen atoms in total. The van der Waals surface area contributed by atoms with Crippen LogP contribution in [0, 0.1) is 0 Å². The molecule has 1 fully saturated rings. The van der Waals surface area contributed by atoms with E-state index in [2.05, 4.69) is 39.3 Å². The topological polar surface area (TPSA) is 29.9 Å². The fourth-order valence-electron chi connectivity index (χ4n) is 3.22. The summed E-state index contributed by atoms with van der Waals surface area (Å²) in [6.07, 6.45) is 12.2. The molecule has 92 valence electrons. The second kappa shape index (κ2) is 3.95. The lowest BCUT2D eigenvalue weighted by Crippen LogP contribution is -2.31. The minimum absolute atomic E-state index is 0.594. The van der Waals surface area contributed by atoms with Crippen LogP contribution in [0.4, 0.5) is 0 Å². The van der Waals surface area contributed by atoms with Crippen LogP contribution in [-0.2, 0) is 6.42 Å². The molecule has 3 heteroatoms. The van der Waals surface area contributed by atoms with E-state index in [1.807, 2.05) is 6.20 Å². The van der Waals surface area contributed by atoms with Gasteiger partial charge in [0.1, 0.15) is 0 Å². The highest BCUT2D eigenvalue weighted by Gasteiger charge is 2.20. The van der Waals surface area contributed by atoms with Gasteiger partial charge in [-0.2, -0.15) is 0 Å². The lowest BCUT2D eigenvalue weighted by molar-refractivity contribution is 0.379. The largest absolute Gasteiger partial charge is 0.343 e. The smallest absolute Gasteiger partial charge is 0.0590 e. The molecule has 2 aromatic rings. The van der Waals surface area contributed by atoms with Crippen molar-refractivity contribution in [3.05, 3.63) is 35.8 Å². The first-order valence-electron chi connectivity index (χ1n) is 6.79. The zero-order chi connectivity index (χ0) is 11.9. The molecule has 3 heterocycles. The van der Waals surface area contributed by atoms with Crippen molar-refractivity contribution in [3.8, 4) is 0 Å². The zero-order valence-electron chi connectivity index (χ0n) is 10.4. The van der Waals surface area contributed by atoms with Gasteiger partial charge >= 0.3 is 0 Å². The second-order valence-electron chi connectivity index (χ2n) is 5.25. The molecule has 1 atom stereocenters. The van der Waals surface area contributed by atoms with Crippen LogP contribution in [0.3, 0.4) is 0 Å². The van der Waals surface area contributed by atoms with Crippen molar-refractivity contribution in [1.29, 1.82) is 0 Å². The van der Waals surface area contributed by atoms with Gasteiger partial charge in [0.2, 0.25) is 0 Å². The van der Waals surface area contributed by atoms with Gasteiger partial charge in [0.15, 0.2) is 0 Å². The van der Waals surface area contributed by atoms with Crippen LogP contribution in [0.1, 0.15) is 30.1 Å². The van der Waals surface area contributed by atoms with Gasteiger partial charge in [0.05, 0.1) is 11.2 Å². The third-order valence-corrected chi connectivity index (χ3v) is 4.13. The van der Waals surface area contributed by atoms with E-state index in [4.69, 9.17) is 0 Å². The molecule has 4 rings (SSSR count). The molecule has 0 aromatic carbocycles. The molecule has 1 N–H and O–H groups in total. The Kier molecular flexibility index (Phi) is 2.27. The maximum absolute atomic E-state index is 4.55. The number of hydrogen-bond acceptors (Lipinski definition) is 2. The van der Waals surface area contributed by atoms with Crippen molar-refractivity contribution in [2.24, 2.45) is 0 Å². The number of aromatic nitrogens is 2. The molecule has 1 unspecified atom stereocenters. The van der Waals surface area contributed by atoms with E-state index in [0.717, 1.165) is 19.5 Å². The van der Waals surface area contributed by atoms with Crippen molar-refractivity contribution >= 4 is 17.0 Å². The summed E-state index contributed by atoms with van der Waals surface area (Å²) in [4.78, 5) is 4.55. The molecule has 0 radical (unpaired) electrons. The first kappa shape index (κ1) is 10.3. The molecule has 1 aliphatic carbocycles. The van der Waals surface area contributed by atoms with E-state index in [9.17, 15) is 0 Å². The van der Waals surface area contributed by atoms with Crippen LogP contribution in [0.25, 0.3) is 17.0 Å². The molecule has 1 aliphatic heterocycles. The third-order valence-electron chi connectivity index (χ3n) is 4.13. The van der Waals surface area contributed by atoms with Crippen LogP contribution in [0.15, 0.2) is 24.5 Å². The van der Waals surface area contributed by atoms with Gasteiger partial charge in [0, 0.05) is 42.4 Å². The van der Waals surface area contributed by atoms with Crippen molar-refractivity contribution in [1.82, 2.24) is 14.9 Å². The number of nitrogens with one attached hydrogen (secondary N) is 1. The molecule has 0 saturated carbocycles. The number of hydrogen-bond donors (Lipinski definition) is 1. The van der Waals surface area contributed by atoms with Gasteiger partial charge < -0.3 is 9.88 Å². The molecule has 18 heavy (non-hydrogen) atoms. The van der Waals surface area contributed by atoms with Gasteiger partial charge in [-0.25, -0.2) is 0 Å². The molecular weight excluding hydrogens is 222 g/mol. The fraction of sp³-hybridized carbons (Fsp3) is 0.400. The molecule has 0 spiro atoms. The second-order valence-corrected chi connectivity index (χ2v) is 5.25. The van der Waals surface area contributed by atoms with Crippen molar-refractivity contribution in [2.45, 2.75) is 25.3 Å². The zero-order valence-corrected chi connectivity index (χ0v) is 10.4. The summed E-state index contributed by atoms with van der Waals surface area (Å²) in [7, 11) is 0. The Morgan fingerprint density at radius 1 is 1.39 bits per heavy atom. The molecule has 1 saturated heterocycles. The third kappa shape index (κ3) is 1.44. The van der Waals surface area contributed by atoms with E-state index in [1.54, 1.807) is 0 Å². The highest BCUT2D eigenvalue weighted by Crippen LogP contribution is 2.31. The first-order chi connectivity index (χ1) is 8.93. The Bertz CT molecular complexity index is 618. The SMILES string of the molecule is C1=Cc2c(ncc3ccn(C4CCCNC4)c23)C1. The van der Waals surface area contributed by atoms with E-state index in [0.29, 0.717) is 6.04 Å². The van der Waals surface area contributed by atoms with E-state index >= 15 is 0 Å². The van der Waals surface area contributed by atoms with Gasteiger partial charge in [-0.15, -0.1) is 0 Å². The monoisotopic (exact) mass is 239 g/mol. The number of piperidine rings is 1. The van der Waals surface area contributed by atoms with Gasteiger partial charge in [0.25, 0.3) is 0 Å². The average Bonchev–Trinajstić information content (AvgIpc) is 3.05. The Morgan fingerprint density at radius 2 is 2.39 bits per heavy atom. The van der Waals surface area contributed by atoms with Crippen LogP contribution in [0.5, 0.6) is 0 Å². The van der Waals surface area contributed by atoms with Crippen molar-refractivity contribution in [3.63, 3.8) is 0 Å². The highest BCUT2D eigenvalue weighted by molar-refractivity contribution is 5.90. The van der Waals surface area contributed by atoms with Crippen LogP contribution in [0.2, 0.25) is 0 Å². The molecule has 0 bridgehead atoms. The highest BCUT2D eigenvalue weighted by atomic mass is 15.1. The van der Waals surface area contributed by atoms with E-state index < -0.39 is 0 Å². The number of rotatable bonds is 1. The van der Waals surface area contributed by atoms with Crippen LogP contribution in [-0.4, -0.2) is 22.6 Å². The molecule has 0 amide bonds. The number of allylic oxidation sites excluding steroid dienone is 1. The Labute approximate surface area is 107 Å². The van der Waals surface area contributed by atoms with Gasteiger partial charge in [-0.05, 0) is 25.5 Å². The first-order valence-corrected chi connectivity index (χ1v) is 6.79. The van der Waals surface area contributed by atoms with Crippen molar-refractivity contribution in [2.75, 3.05) is 13.1 Å². The lowest BCUT2D eigenvalue weighted by Gasteiger charge is -2.25. The van der Waals surface area contributed by atoms with Crippen molar-refractivity contribution < 1.29 is 0 Å². The summed E-state index contributed by atoms with van der Waals surface area (Å²) < 4.78 is 2.46. The number of nitrogens with zero attached hydrogens (tertiary/aromatic N) is 2. The average molecular weight is 239 g/mol. The Balaban J connectivity index is 1.90. The minimum atomic E-state index is 0.594. The number of fused-ring (bicyclic) bond motifs is 3. The predicted molar refractivity (Wildman–Crippen MR) is 73.6 cm³/mol. The minimum Gasteiger partial charge on any atom is -0.343 e. The molecule has 2 aromatic heterocycles. The quantitative estimate of drug-likeness (QED) is 0.828. The summed E-state index contributed by atoms with van der Waals surface area (Å²) in [6, 6.07) is 2.79. The van der Waals surface area contributed by atoms with Crippen LogP contribution >= 0.6 is 0 Å². The van der Waals surface area contributed by atoms with Gasteiger partial charge in [-0.3, -0.25) is 4.98 Å². The van der Waals surface area contributed by atoms with Gasteiger partial charge in [-0.1, -0.05) is 12.2 Å². The van der Waals surface area contributed by atoms with Crippen LogP contribution < -0.4 is 5.32 Å². The Morgan fingerprint density at radius 3 is 3.28 bits per heavy atom. The summed E-state index contributed by atoms with van der Waals surface area (Å²) >= 11 is 0. The van der Waals surface area contributed by atoms with E-state index in [-0.39, 0.29) is 0 Å². The summed E-state index contributed by atoms with van der Waals surface area (Å²) in [5, 5.41) is 4.77. The number of pyridine rings is 1. The molecular formula is C15H17N3. The Hall–Kier alpha value is -1.61. The summed E-state index contributed by atoms with van der Waals surface area (Å²) in [5.41, 5.74) is 3.94. The summed E-state index contributed by atoms with van der Waals surface area (Å²) in [5.74, 6) is 0. The molecule has 2 aliphatic rings. The maximum atomic E-state index is 4.55. The van der Waals surface area contributed by atoms with E-state index in [1.165, 1.54) is 35.0 Å². The fourth-order valence-corrected chi connectivity index (χ4v) is 3.22.